The van der Waals surface area contributed by atoms with Crippen molar-refractivity contribution in [1.82, 2.24) is 0 Å². The van der Waals surface area contributed by atoms with E-state index in [1.54, 1.807) is 23.5 Å². The zero-order chi connectivity index (χ0) is 20.4. The second-order valence-corrected chi connectivity index (χ2v) is 9.41. The van der Waals surface area contributed by atoms with Gasteiger partial charge in [0.05, 0.1) is 16.3 Å². The van der Waals surface area contributed by atoms with E-state index < -0.39 is 10.1 Å². The van der Waals surface area contributed by atoms with Gasteiger partial charge in [-0.25, -0.2) is 0 Å². The minimum Gasteiger partial charge on any atom is -1.00 e. The Kier molecular flexibility index (Phi) is 7.06. The molecule has 6 nitrogen and oxygen atoms in total. The summed E-state index contributed by atoms with van der Waals surface area (Å²) in [5, 5.41) is 5.69. The fourth-order valence-corrected chi connectivity index (χ4v) is 4.72. The Balaban J connectivity index is 0.00000256. The first-order valence-corrected chi connectivity index (χ1v) is 11.3. The second kappa shape index (κ2) is 9.38. The van der Waals surface area contributed by atoms with Gasteiger partial charge in [0.15, 0.2) is 6.54 Å². The summed E-state index contributed by atoms with van der Waals surface area (Å²) in [4.78, 5) is -0.145. The van der Waals surface area contributed by atoms with Gasteiger partial charge in [-0.05, 0) is 36.4 Å². The number of halogens is 1. The van der Waals surface area contributed by atoms with Crippen LogP contribution in [0.5, 0.6) is 0 Å². The standard InChI is InChI=1S/C21H19N3O3S2.HI/c1-15-24(20-7-2-3-8-21(20)28-15)14-16-5-4-6-18(13-16)23-22-17-9-11-19(12-10-17)29(25,26)27;/h2-12,22H,13-14H2,1H3;1H/b23-18+;. The van der Waals surface area contributed by atoms with Gasteiger partial charge in [-0.15, -0.1) is 0 Å². The molecule has 9 heteroatoms. The summed E-state index contributed by atoms with van der Waals surface area (Å²) in [5.74, 6) is 0. The molecule has 0 amide bonds. The fourth-order valence-electron chi connectivity index (χ4n) is 3.22. The number of aryl methyl sites for hydroxylation is 1. The summed E-state index contributed by atoms with van der Waals surface area (Å²) >= 11 is 1.79. The molecular weight excluding hydrogens is 533 g/mol. The van der Waals surface area contributed by atoms with E-state index in [-0.39, 0.29) is 28.9 Å². The molecule has 0 saturated carbocycles. The van der Waals surface area contributed by atoms with Crippen LogP contribution in [0.3, 0.4) is 0 Å². The van der Waals surface area contributed by atoms with Gasteiger partial charge >= 0.3 is 0 Å². The van der Waals surface area contributed by atoms with Crippen molar-refractivity contribution >= 4 is 43.1 Å². The lowest BCUT2D eigenvalue weighted by Crippen LogP contribution is -3.00. The molecule has 1 aliphatic carbocycles. The third-order valence-corrected chi connectivity index (χ3v) is 6.61. The third-order valence-electron chi connectivity index (χ3n) is 4.66. The summed E-state index contributed by atoms with van der Waals surface area (Å²) in [6, 6.07) is 14.2. The summed E-state index contributed by atoms with van der Waals surface area (Å²) < 4.78 is 34.9. The van der Waals surface area contributed by atoms with E-state index in [0.717, 1.165) is 18.7 Å². The molecule has 0 radical (unpaired) electrons. The largest absolute Gasteiger partial charge is 1.00 e. The van der Waals surface area contributed by atoms with E-state index >= 15 is 0 Å². The average Bonchev–Trinajstić information content (AvgIpc) is 3.02. The quantitative estimate of drug-likeness (QED) is 0.215. The van der Waals surface area contributed by atoms with Gasteiger partial charge < -0.3 is 24.0 Å². The van der Waals surface area contributed by atoms with Crippen molar-refractivity contribution in [2.24, 2.45) is 5.10 Å². The van der Waals surface area contributed by atoms with Gasteiger partial charge in [0, 0.05) is 25.0 Å². The number of allylic oxidation sites excluding steroid dienone is 4. The maximum absolute atomic E-state index is 11.1. The average molecular weight is 553 g/mol. The van der Waals surface area contributed by atoms with Crippen LogP contribution in [-0.2, 0) is 16.7 Å². The summed E-state index contributed by atoms with van der Waals surface area (Å²) in [7, 11) is -4.19. The Morgan fingerprint density at radius 3 is 2.63 bits per heavy atom. The number of para-hydroxylation sites is 1. The third kappa shape index (κ3) is 5.15. The van der Waals surface area contributed by atoms with Gasteiger partial charge in [0.1, 0.15) is 4.70 Å². The molecule has 0 fully saturated rings. The smallest absolute Gasteiger partial charge is 0.294 e. The van der Waals surface area contributed by atoms with E-state index in [1.807, 2.05) is 12.2 Å². The molecular formula is C21H20IN3O3S2. The monoisotopic (exact) mass is 553 g/mol. The highest BCUT2D eigenvalue weighted by Crippen LogP contribution is 2.21. The topological polar surface area (TPSA) is 82.6 Å². The molecule has 1 heterocycles. The van der Waals surface area contributed by atoms with Crippen molar-refractivity contribution in [3.05, 3.63) is 77.3 Å². The van der Waals surface area contributed by atoms with Crippen molar-refractivity contribution in [2.45, 2.75) is 24.8 Å². The highest BCUT2D eigenvalue weighted by atomic mass is 127. The minimum atomic E-state index is -4.19. The Hall–Kier alpha value is -2.08. The molecule has 0 saturated heterocycles. The van der Waals surface area contributed by atoms with Crippen LogP contribution in [0.2, 0.25) is 0 Å². The van der Waals surface area contributed by atoms with E-state index in [1.165, 1.54) is 32.9 Å². The highest BCUT2D eigenvalue weighted by molar-refractivity contribution is 7.85. The molecule has 0 spiro atoms. The van der Waals surface area contributed by atoms with Gasteiger partial charge in [-0.3, -0.25) is 9.98 Å². The molecule has 156 valence electrons. The molecule has 3 aromatic rings. The van der Waals surface area contributed by atoms with Crippen LogP contribution in [0.25, 0.3) is 10.2 Å². The lowest BCUT2D eigenvalue weighted by atomic mass is 10.0. The Morgan fingerprint density at radius 1 is 1.17 bits per heavy atom. The highest BCUT2D eigenvalue weighted by Gasteiger charge is 2.19. The predicted octanol–water partition coefficient (Wildman–Crippen LogP) is 1.10. The van der Waals surface area contributed by atoms with E-state index in [2.05, 4.69) is 52.4 Å². The molecule has 1 aliphatic rings. The van der Waals surface area contributed by atoms with Crippen LogP contribution in [0.15, 0.2) is 82.3 Å². The summed E-state index contributed by atoms with van der Waals surface area (Å²) in [6.07, 6.45) is 6.79. The number of nitrogens with one attached hydrogen (secondary N) is 1. The maximum atomic E-state index is 11.1. The van der Waals surface area contributed by atoms with Crippen LogP contribution < -0.4 is 34.0 Å². The zero-order valence-electron chi connectivity index (χ0n) is 16.1. The van der Waals surface area contributed by atoms with Gasteiger partial charge in [-0.2, -0.15) is 18.1 Å². The Bertz CT molecular complexity index is 1260. The molecule has 0 unspecified atom stereocenters. The van der Waals surface area contributed by atoms with Gasteiger partial charge in [0.2, 0.25) is 10.5 Å². The SMILES string of the molecule is Cc1sc2ccccc2[n+]1CC1=CC=C/C(=N\Nc2ccc(S(=O)(=O)O)cc2)C1.[I-]. The Labute approximate surface area is 196 Å². The first-order chi connectivity index (χ1) is 13.9. The molecule has 4 rings (SSSR count). The van der Waals surface area contributed by atoms with Crippen molar-refractivity contribution in [2.75, 3.05) is 5.43 Å². The van der Waals surface area contributed by atoms with Crippen molar-refractivity contribution in [3.8, 4) is 0 Å². The lowest BCUT2D eigenvalue weighted by Gasteiger charge is -2.10. The lowest BCUT2D eigenvalue weighted by molar-refractivity contribution is -0.664. The molecule has 2 N–H and O–H groups in total. The minimum absolute atomic E-state index is 0. The number of fused-ring (bicyclic) bond motifs is 1. The maximum Gasteiger partial charge on any atom is 0.294 e. The second-order valence-electron chi connectivity index (χ2n) is 6.75. The number of aromatic nitrogens is 1. The normalized spacial score (nSPS) is 15.1. The van der Waals surface area contributed by atoms with E-state index in [0.29, 0.717) is 5.69 Å². The van der Waals surface area contributed by atoms with Crippen molar-refractivity contribution < 1.29 is 41.5 Å². The number of rotatable bonds is 5. The van der Waals surface area contributed by atoms with Gasteiger partial charge in [-0.1, -0.05) is 35.6 Å². The Morgan fingerprint density at radius 2 is 1.90 bits per heavy atom. The van der Waals surface area contributed by atoms with Crippen molar-refractivity contribution in [1.29, 1.82) is 0 Å². The number of hydrazone groups is 1. The molecule has 30 heavy (non-hydrogen) atoms. The number of benzene rings is 2. The number of hydrogen-bond donors (Lipinski definition) is 2. The summed E-state index contributed by atoms with van der Waals surface area (Å²) in [5.41, 5.74) is 6.96. The van der Waals surface area contributed by atoms with E-state index in [4.69, 9.17) is 4.55 Å². The number of thiazole rings is 1. The zero-order valence-corrected chi connectivity index (χ0v) is 19.9. The van der Waals surface area contributed by atoms with Crippen LogP contribution in [-0.4, -0.2) is 18.7 Å². The molecule has 0 atom stereocenters. The number of anilines is 1. The summed E-state index contributed by atoms with van der Waals surface area (Å²) in [6.45, 7) is 2.94. The van der Waals surface area contributed by atoms with Gasteiger partial charge in [0.25, 0.3) is 10.1 Å². The van der Waals surface area contributed by atoms with Crippen LogP contribution in [0.1, 0.15) is 11.4 Å². The predicted molar refractivity (Wildman–Crippen MR) is 116 cm³/mol. The molecule has 0 bridgehead atoms. The molecule has 2 aromatic carbocycles. The van der Waals surface area contributed by atoms with Crippen LogP contribution in [0, 0.1) is 6.92 Å². The van der Waals surface area contributed by atoms with Crippen LogP contribution >= 0.6 is 11.3 Å². The fraction of sp³-hybridized carbons (Fsp3) is 0.143. The molecule has 0 aliphatic heterocycles. The first-order valence-electron chi connectivity index (χ1n) is 9.04. The first kappa shape index (κ1) is 22.6. The molecule has 1 aromatic heterocycles. The number of hydrogen-bond acceptors (Lipinski definition) is 5. The van der Waals surface area contributed by atoms with Crippen LogP contribution in [0.4, 0.5) is 5.69 Å². The number of nitrogens with zero attached hydrogens (tertiary/aromatic N) is 2. The van der Waals surface area contributed by atoms with E-state index in [9.17, 15) is 8.42 Å². The van der Waals surface area contributed by atoms with Crippen molar-refractivity contribution in [3.63, 3.8) is 0 Å².